The first-order valence-corrected chi connectivity index (χ1v) is 12.5. The maximum absolute atomic E-state index is 13.0. The topological polar surface area (TPSA) is 81.1 Å². The highest BCUT2D eigenvalue weighted by atomic mass is 32.1. The van der Waals surface area contributed by atoms with Crippen molar-refractivity contribution in [3.63, 3.8) is 0 Å². The Kier molecular flexibility index (Phi) is 5.67. The summed E-state index contributed by atoms with van der Waals surface area (Å²) in [6.45, 7) is 0. The van der Waals surface area contributed by atoms with Crippen molar-refractivity contribution in [3.8, 4) is 16.3 Å². The average Bonchev–Trinajstić information content (AvgIpc) is 3.61. The molecule has 0 bridgehead atoms. The molecule has 5 aromatic rings. The Balaban J connectivity index is 1.26. The highest BCUT2D eigenvalue weighted by molar-refractivity contribution is 7.13. The number of para-hydroxylation sites is 1. The highest BCUT2D eigenvalue weighted by Gasteiger charge is 2.29. The Morgan fingerprint density at radius 2 is 1.51 bits per heavy atom. The number of ketones is 2. The van der Waals surface area contributed by atoms with Crippen molar-refractivity contribution in [1.29, 1.82) is 0 Å². The third-order valence-electron chi connectivity index (χ3n) is 6.12. The van der Waals surface area contributed by atoms with Crippen LogP contribution in [-0.2, 0) is 4.79 Å². The third-order valence-corrected chi connectivity index (χ3v) is 7.00. The zero-order chi connectivity index (χ0) is 25.4. The summed E-state index contributed by atoms with van der Waals surface area (Å²) in [5.41, 5.74) is 4.33. The first-order valence-electron chi connectivity index (χ1n) is 11.6. The fourth-order valence-electron chi connectivity index (χ4n) is 4.35. The summed E-state index contributed by atoms with van der Waals surface area (Å²) < 4.78 is 1.79. The van der Waals surface area contributed by atoms with Crippen molar-refractivity contribution in [1.82, 2.24) is 9.78 Å². The van der Waals surface area contributed by atoms with Crippen LogP contribution in [0.15, 0.2) is 103 Å². The molecular formula is C30H19N3O3S. The van der Waals surface area contributed by atoms with Crippen LogP contribution >= 0.6 is 11.3 Å². The number of amides is 1. The number of nitrogens with one attached hydrogen (secondary N) is 1. The SMILES string of the molecule is O=C(/C=C/c1cn(-c2ccccc2)nc1-c1cccs1)Nc1ccc2c(c1)C(=O)c1ccccc1C2=O. The van der Waals surface area contributed by atoms with Gasteiger partial charge in [-0.2, -0.15) is 5.10 Å². The molecule has 2 heterocycles. The number of carbonyl (C=O) groups excluding carboxylic acids is 3. The van der Waals surface area contributed by atoms with Gasteiger partial charge in [-0.3, -0.25) is 14.4 Å². The van der Waals surface area contributed by atoms with Crippen molar-refractivity contribution in [2.24, 2.45) is 0 Å². The van der Waals surface area contributed by atoms with Crippen LogP contribution in [0.2, 0.25) is 0 Å². The van der Waals surface area contributed by atoms with Gasteiger partial charge in [-0.05, 0) is 47.9 Å². The van der Waals surface area contributed by atoms with E-state index in [9.17, 15) is 14.4 Å². The van der Waals surface area contributed by atoms with Crippen LogP contribution in [0.3, 0.4) is 0 Å². The minimum atomic E-state index is -0.362. The molecule has 0 unspecified atom stereocenters. The Morgan fingerprint density at radius 3 is 2.24 bits per heavy atom. The van der Waals surface area contributed by atoms with Crippen molar-refractivity contribution in [2.75, 3.05) is 5.32 Å². The van der Waals surface area contributed by atoms with Crippen molar-refractivity contribution < 1.29 is 14.4 Å². The molecule has 0 fully saturated rings. The van der Waals surface area contributed by atoms with Gasteiger partial charge in [-0.1, -0.05) is 48.5 Å². The summed E-state index contributed by atoms with van der Waals surface area (Å²) in [4.78, 5) is 39.6. The maximum Gasteiger partial charge on any atom is 0.248 e. The molecule has 0 saturated heterocycles. The van der Waals surface area contributed by atoms with Crippen LogP contribution in [-0.4, -0.2) is 27.3 Å². The second kappa shape index (κ2) is 9.29. The minimum absolute atomic E-state index is 0.195. The van der Waals surface area contributed by atoms with Crippen LogP contribution in [0, 0.1) is 0 Å². The van der Waals surface area contributed by atoms with E-state index in [1.165, 1.54) is 6.08 Å². The first-order chi connectivity index (χ1) is 18.1. The lowest BCUT2D eigenvalue weighted by Crippen LogP contribution is -2.21. The molecule has 2 aromatic heterocycles. The monoisotopic (exact) mass is 501 g/mol. The molecule has 1 N–H and O–H groups in total. The summed E-state index contributed by atoms with van der Waals surface area (Å²) >= 11 is 1.57. The molecular weight excluding hydrogens is 482 g/mol. The lowest BCUT2D eigenvalue weighted by atomic mass is 9.84. The van der Waals surface area contributed by atoms with Gasteiger partial charge in [0.05, 0.1) is 10.6 Å². The maximum atomic E-state index is 13.0. The molecule has 0 atom stereocenters. The summed E-state index contributed by atoms with van der Waals surface area (Å²) in [5.74, 6) is -0.787. The molecule has 6 rings (SSSR count). The molecule has 1 amide bonds. The van der Waals surface area contributed by atoms with Crippen LogP contribution in [0.5, 0.6) is 0 Å². The lowest BCUT2D eigenvalue weighted by molar-refractivity contribution is -0.111. The number of rotatable bonds is 5. The van der Waals surface area contributed by atoms with Gasteiger partial charge in [0, 0.05) is 45.8 Å². The minimum Gasteiger partial charge on any atom is -0.322 e. The summed E-state index contributed by atoms with van der Waals surface area (Å²) in [5, 5.41) is 9.53. The van der Waals surface area contributed by atoms with E-state index in [4.69, 9.17) is 5.10 Å². The van der Waals surface area contributed by atoms with E-state index in [0.29, 0.717) is 22.4 Å². The smallest absolute Gasteiger partial charge is 0.248 e. The van der Waals surface area contributed by atoms with E-state index in [1.54, 1.807) is 64.6 Å². The Hall–Kier alpha value is -4.88. The van der Waals surface area contributed by atoms with Gasteiger partial charge in [-0.15, -0.1) is 11.3 Å². The average molecular weight is 502 g/mol. The van der Waals surface area contributed by atoms with Crippen LogP contribution in [0.1, 0.15) is 37.4 Å². The third kappa shape index (κ3) is 4.22. The number of aromatic nitrogens is 2. The zero-order valence-corrected chi connectivity index (χ0v) is 20.2. The van der Waals surface area contributed by atoms with E-state index in [2.05, 4.69) is 5.32 Å². The van der Waals surface area contributed by atoms with Crippen molar-refractivity contribution in [2.45, 2.75) is 0 Å². The van der Waals surface area contributed by atoms with Crippen LogP contribution in [0.25, 0.3) is 22.3 Å². The predicted molar refractivity (Wildman–Crippen MR) is 144 cm³/mol. The molecule has 3 aromatic carbocycles. The number of hydrogen-bond donors (Lipinski definition) is 1. The normalized spacial score (nSPS) is 12.4. The molecule has 7 heteroatoms. The van der Waals surface area contributed by atoms with Gasteiger partial charge in [0.2, 0.25) is 5.91 Å². The van der Waals surface area contributed by atoms with Crippen LogP contribution in [0.4, 0.5) is 5.69 Å². The number of nitrogens with zero attached hydrogens (tertiary/aromatic N) is 2. The Labute approximate surface area is 216 Å². The predicted octanol–water partition coefficient (Wildman–Crippen LogP) is 6.03. The number of anilines is 1. The summed E-state index contributed by atoms with van der Waals surface area (Å²) in [6, 6.07) is 25.3. The number of thiophene rings is 1. The van der Waals surface area contributed by atoms with Crippen molar-refractivity contribution in [3.05, 3.63) is 130 Å². The summed E-state index contributed by atoms with van der Waals surface area (Å²) in [6.07, 6.45) is 5.04. The van der Waals surface area contributed by atoms with E-state index in [1.807, 2.05) is 54.0 Å². The first kappa shape index (κ1) is 22.6. The largest absolute Gasteiger partial charge is 0.322 e. The fourth-order valence-corrected chi connectivity index (χ4v) is 5.08. The molecule has 0 saturated carbocycles. The van der Waals surface area contributed by atoms with Gasteiger partial charge >= 0.3 is 0 Å². The Morgan fingerprint density at radius 1 is 0.811 bits per heavy atom. The van der Waals surface area contributed by atoms with Gasteiger partial charge in [-0.25, -0.2) is 4.68 Å². The number of fused-ring (bicyclic) bond motifs is 2. The van der Waals surface area contributed by atoms with Gasteiger partial charge < -0.3 is 5.32 Å². The lowest BCUT2D eigenvalue weighted by Gasteiger charge is -2.18. The number of benzene rings is 3. The van der Waals surface area contributed by atoms with Crippen LogP contribution < -0.4 is 5.32 Å². The van der Waals surface area contributed by atoms with E-state index >= 15 is 0 Å². The van der Waals surface area contributed by atoms with E-state index in [0.717, 1.165) is 21.8 Å². The zero-order valence-electron chi connectivity index (χ0n) is 19.4. The second-order valence-electron chi connectivity index (χ2n) is 8.48. The van der Waals surface area contributed by atoms with E-state index < -0.39 is 0 Å². The molecule has 37 heavy (non-hydrogen) atoms. The molecule has 6 nitrogen and oxygen atoms in total. The van der Waals surface area contributed by atoms with Gasteiger partial charge in [0.25, 0.3) is 0 Å². The number of carbonyl (C=O) groups is 3. The Bertz CT molecular complexity index is 1700. The van der Waals surface area contributed by atoms with Crippen molar-refractivity contribution >= 4 is 40.6 Å². The molecule has 178 valence electrons. The second-order valence-corrected chi connectivity index (χ2v) is 9.42. The summed E-state index contributed by atoms with van der Waals surface area (Å²) in [7, 11) is 0. The standard InChI is InChI=1S/C30H19N3O3S/c34-27(31-20-13-14-24-25(17-20)30(36)23-10-5-4-9-22(23)29(24)35)15-12-19-18-33(21-7-2-1-3-8-21)32-28(19)26-11-6-16-37-26/h1-18H,(H,31,34)/b15-12+. The molecule has 0 aliphatic heterocycles. The molecule has 1 aliphatic carbocycles. The number of hydrogen-bond acceptors (Lipinski definition) is 5. The van der Waals surface area contributed by atoms with Gasteiger partial charge in [0.1, 0.15) is 5.69 Å². The van der Waals surface area contributed by atoms with E-state index in [-0.39, 0.29) is 23.0 Å². The molecule has 1 aliphatic rings. The highest BCUT2D eigenvalue weighted by Crippen LogP contribution is 2.30. The molecule has 0 spiro atoms. The van der Waals surface area contributed by atoms with Gasteiger partial charge in [0.15, 0.2) is 11.6 Å². The molecule has 0 radical (unpaired) electrons. The fraction of sp³-hybridized carbons (Fsp3) is 0. The quantitative estimate of drug-likeness (QED) is 0.293.